The molecular formula is C21H20N6O. The van der Waals surface area contributed by atoms with E-state index >= 15 is 0 Å². The predicted molar refractivity (Wildman–Crippen MR) is 106 cm³/mol. The van der Waals surface area contributed by atoms with Gasteiger partial charge in [-0.2, -0.15) is 10.2 Å². The number of carbonyl (C=O) groups excluding carboxylic acids is 1. The summed E-state index contributed by atoms with van der Waals surface area (Å²) in [6, 6.07) is 7.95. The second-order valence-electron chi connectivity index (χ2n) is 7.25. The van der Waals surface area contributed by atoms with Gasteiger partial charge in [0.05, 0.1) is 12.4 Å². The topological polar surface area (TPSA) is 77.1 Å². The van der Waals surface area contributed by atoms with Crippen molar-refractivity contribution >= 4 is 11.6 Å². The zero-order chi connectivity index (χ0) is 19.1. The lowest BCUT2D eigenvalue weighted by atomic mass is 9.93. The second kappa shape index (κ2) is 6.60. The summed E-state index contributed by atoms with van der Waals surface area (Å²) in [5, 5.41) is 11.7. The Morgan fingerprint density at radius 1 is 1.00 bits per heavy atom. The molecule has 1 amide bonds. The van der Waals surface area contributed by atoms with Crippen molar-refractivity contribution in [2.45, 2.75) is 25.3 Å². The van der Waals surface area contributed by atoms with Gasteiger partial charge in [0.25, 0.3) is 5.91 Å². The summed E-state index contributed by atoms with van der Waals surface area (Å²) in [4.78, 5) is 16.9. The van der Waals surface area contributed by atoms with Gasteiger partial charge in [0.15, 0.2) is 5.65 Å². The third kappa shape index (κ3) is 2.94. The molecule has 7 nitrogen and oxygen atoms in total. The average Bonchev–Trinajstić information content (AvgIpc) is 3.30. The van der Waals surface area contributed by atoms with Gasteiger partial charge in [-0.1, -0.05) is 12.1 Å². The third-order valence-electron chi connectivity index (χ3n) is 5.29. The minimum absolute atomic E-state index is 0.00430. The molecule has 0 bridgehead atoms. The first kappa shape index (κ1) is 16.7. The molecule has 0 radical (unpaired) electrons. The lowest BCUT2D eigenvalue weighted by Gasteiger charge is -2.26. The highest BCUT2D eigenvalue weighted by atomic mass is 16.1. The van der Waals surface area contributed by atoms with Crippen LogP contribution in [0.2, 0.25) is 0 Å². The van der Waals surface area contributed by atoms with Crippen LogP contribution in [0.3, 0.4) is 0 Å². The molecule has 1 fully saturated rings. The summed E-state index contributed by atoms with van der Waals surface area (Å²) in [6.07, 6.45) is 12.7. The molecule has 1 aromatic carbocycles. The van der Waals surface area contributed by atoms with Crippen molar-refractivity contribution in [3.05, 3.63) is 60.8 Å². The normalized spacial score (nSPS) is 14.2. The Kier molecular flexibility index (Phi) is 3.93. The summed E-state index contributed by atoms with van der Waals surface area (Å²) >= 11 is 0. The van der Waals surface area contributed by atoms with Gasteiger partial charge in [0.1, 0.15) is 0 Å². The summed E-state index contributed by atoms with van der Waals surface area (Å²) in [6.45, 7) is 0. The molecule has 28 heavy (non-hydrogen) atoms. The Balaban J connectivity index is 1.41. The number of aryl methyl sites for hydroxylation is 1. The van der Waals surface area contributed by atoms with E-state index < -0.39 is 0 Å². The fraction of sp³-hybridized carbons (Fsp3) is 0.238. The number of hydrogen-bond acceptors (Lipinski definition) is 4. The second-order valence-corrected chi connectivity index (χ2v) is 7.25. The number of carbonyl (C=O) groups is 1. The molecule has 0 saturated heterocycles. The van der Waals surface area contributed by atoms with E-state index in [1.54, 1.807) is 21.6 Å². The fourth-order valence-corrected chi connectivity index (χ4v) is 3.42. The molecule has 3 aromatic heterocycles. The van der Waals surface area contributed by atoms with Crippen LogP contribution in [0.4, 0.5) is 0 Å². The van der Waals surface area contributed by atoms with Crippen LogP contribution in [0.5, 0.6) is 0 Å². The van der Waals surface area contributed by atoms with Gasteiger partial charge in [-0.25, -0.2) is 9.50 Å². The van der Waals surface area contributed by atoms with Crippen molar-refractivity contribution < 1.29 is 4.79 Å². The maximum absolute atomic E-state index is 12.3. The standard InChI is InChI=1S/C21H20N6O/c1-26-12-17(10-23-26)16-9-22-20-19(11-24-27(20)13-16)14-5-7-15(8-6-14)21(28)25-18-3-2-4-18/h5-13,18H,2-4H2,1H3,(H,25,28). The Bertz CT molecular complexity index is 1150. The minimum Gasteiger partial charge on any atom is -0.349 e. The van der Waals surface area contributed by atoms with Crippen molar-refractivity contribution in [3.8, 4) is 22.3 Å². The van der Waals surface area contributed by atoms with E-state index in [0.717, 1.165) is 40.7 Å². The molecule has 3 heterocycles. The first-order valence-electron chi connectivity index (χ1n) is 9.41. The molecule has 1 N–H and O–H groups in total. The van der Waals surface area contributed by atoms with Gasteiger partial charge in [-0.3, -0.25) is 9.48 Å². The predicted octanol–water partition coefficient (Wildman–Crippen LogP) is 3.08. The van der Waals surface area contributed by atoms with E-state index in [9.17, 15) is 4.79 Å². The van der Waals surface area contributed by atoms with Gasteiger partial charge in [0.2, 0.25) is 0 Å². The summed E-state index contributed by atoms with van der Waals surface area (Å²) in [5.74, 6) is -0.00430. The molecule has 0 atom stereocenters. The van der Waals surface area contributed by atoms with E-state index in [4.69, 9.17) is 0 Å². The minimum atomic E-state index is -0.00430. The van der Waals surface area contributed by atoms with Gasteiger partial charge in [-0.15, -0.1) is 0 Å². The van der Waals surface area contributed by atoms with Gasteiger partial charge in [-0.05, 0) is 37.0 Å². The van der Waals surface area contributed by atoms with Crippen molar-refractivity contribution in [1.82, 2.24) is 29.7 Å². The summed E-state index contributed by atoms with van der Waals surface area (Å²) in [7, 11) is 1.89. The zero-order valence-electron chi connectivity index (χ0n) is 15.5. The average molecular weight is 372 g/mol. The quantitative estimate of drug-likeness (QED) is 0.597. The van der Waals surface area contributed by atoms with Crippen LogP contribution in [0.15, 0.2) is 55.2 Å². The number of hydrogen-bond donors (Lipinski definition) is 1. The van der Waals surface area contributed by atoms with Crippen LogP contribution in [0.25, 0.3) is 27.9 Å². The van der Waals surface area contributed by atoms with Crippen molar-refractivity contribution in [2.75, 3.05) is 0 Å². The van der Waals surface area contributed by atoms with Crippen LogP contribution in [0.1, 0.15) is 29.6 Å². The highest BCUT2D eigenvalue weighted by Gasteiger charge is 2.20. The van der Waals surface area contributed by atoms with Crippen molar-refractivity contribution in [2.24, 2.45) is 7.05 Å². The number of nitrogens with zero attached hydrogens (tertiary/aromatic N) is 5. The van der Waals surface area contributed by atoms with E-state index in [0.29, 0.717) is 11.6 Å². The highest BCUT2D eigenvalue weighted by molar-refractivity contribution is 5.95. The number of benzene rings is 1. The Morgan fingerprint density at radius 3 is 2.46 bits per heavy atom. The largest absolute Gasteiger partial charge is 0.349 e. The van der Waals surface area contributed by atoms with E-state index in [1.807, 2.05) is 49.9 Å². The molecule has 1 aliphatic carbocycles. The third-order valence-corrected chi connectivity index (χ3v) is 5.29. The molecule has 1 aliphatic rings. The van der Waals surface area contributed by atoms with E-state index in [2.05, 4.69) is 20.5 Å². The first-order valence-corrected chi connectivity index (χ1v) is 9.41. The van der Waals surface area contributed by atoms with Gasteiger partial charge >= 0.3 is 0 Å². The zero-order valence-corrected chi connectivity index (χ0v) is 15.5. The summed E-state index contributed by atoms with van der Waals surface area (Å²) < 4.78 is 3.53. The Morgan fingerprint density at radius 2 is 1.79 bits per heavy atom. The van der Waals surface area contributed by atoms with Crippen LogP contribution < -0.4 is 5.32 Å². The van der Waals surface area contributed by atoms with E-state index in [1.165, 1.54) is 6.42 Å². The maximum atomic E-state index is 12.3. The monoisotopic (exact) mass is 372 g/mol. The van der Waals surface area contributed by atoms with Crippen molar-refractivity contribution in [1.29, 1.82) is 0 Å². The fourth-order valence-electron chi connectivity index (χ4n) is 3.42. The summed E-state index contributed by atoms with van der Waals surface area (Å²) in [5.41, 5.74) is 5.33. The Labute approximate surface area is 162 Å². The molecule has 0 spiro atoms. The molecular weight excluding hydrogens is 352 g/mol. The van der Waals surface area contributed by atoms with Gasteiger partial charge < -0.3 is 5.32 Å². The van der Waals surface area contributed by atoms with Crippen molar-refractivity contribution in [3.63, 3.8) is 0 Å². The van der Waals surface area contributed by atoms with Crippen LogP contribution in [-0.2, 0) is 7.05 Å². The van der Waals surface area contributed by atoms with Crippen LogP contribution in [-0.4, -0.2) is 36.3 Å². The number of amides is 1. The lowest BCUT2D eigenvalue weighted by Crippen LogP contribution is -2.39. The molecule has 0 unspecified atom stereocenters. The highest BCUT2D eigenvalue weighted by Crippen LogP contribution is 2.26. The maximum Gasteiger partial charge on any atom is 0.251 e. The molecule has 5 rings (SSSR count). The number of fused-ring (bicyclic) bond motifs is 1. The van der Waals surface area contributed by atoms with Gasteiger partial charge in [0, 0.05) is 53.9 Å². The molecule has 7 heteroatoms. The number of rotatable bonds is 4. The molecule has 140 valence electrons. The molecule has 4 aromatic rings. The van der Waals surface area contributed by atoms with Crippen LogP contribution >= 0.6 is 0 Å². The lowest BCUT2D eigenvalue weighted by molar-refractivity contribution is 0.0917. The van der Waals surface area contributed by atoms with Crippen LogP contribution in [0, 0.1) is 0 Å². The SMILES string of the molecule is Cn1cc(-c2cnc3c(-c4ccc(C(=O)NC5CCC5)cc4)cnn3c2)cn1. The first-order chi connectivity index (χ1) is 13.7. The number of aromatic nitrogens is 5. The Hall–Kier alpha value is -3.48. The number of nitrogens with one attached hydrogen (secondary N) is 1. The smallest absolute Gasteiger partial charge is 0.251 e. The molecule has 1 saturated carbocycles. The molecule has 0 aliphatic heterocycles. The van der Waals surface area contributed by atoms with E-state index in [-0.39, 0.29) is 5.91 Å².